The van der Waals surface area contributed by atoms with Gasteiger partial charge in [0.25, 0.3) is 0 Å². The summed E-state index contributed by atoms with van der Waals surface area (Å²) in [5, 5.41) is 0. The summed E-state index contributed by atoms with van der Waals surface area (Å²) in [5.41, 5.74) is 1.36. The molecule has 0 amide bonds. The van der Waals surface area contributed by atoms with E-state index in [4.69, 9.17) is 4.74 Å². The Kier molecular flexibility index (Phi) is 2.94. The van der Waals surface area contributed by atoms with Crippen molar-refractivity contribution >= 4 is 0 Å². The molecule has 1 aliphatic heterocycles. The molecule has 2 nitrogen and oxygen atoms in total. The van der Waals surface area contributed by atoms with Gasteiger partial charge in [0.15, 0.2) is 0 Å². The predicted molar refractivity (Wildman–Crippen MR) is 46.4 cm³/mol. The molecule has 0 bridgehead atoms. The van der Waals surface area contributed by atoms with E-state index in [1.165, 1.54) is 5.70 Å². The Bertz CT molecular complexity index is 150. The lowest BCUT2D eigenvalue weighted by Crippen LogP contribution is -2.46. The standard InChI is InChI=1S/C9H17NO/c1-4-5-8(2)10(3)9-6-11-7-9/h5,9H,4,6-7H2,1-3H3/b8-5+. The van der Waals surface area contributed by atoms with Crippen LogP contribution in [0.3, 0.4) is 0 Å². The van der Waals surface area contributed by atoms with Crippen LogP contribution in [0.25, 0.3) is 0 Å². The van der Waals surface area contributed by atoms with Crippen LogP contribution < -0.4 is 0 Å². The van der Waals surface area contributed by atoms with Gasteiger partial charge in [0.05, 0.1) is 19.3 Å². The van der Waals surface area contributed by atoms with Gasteiger partial charge in [-0.1, -0.05) is 13.0 Å². The van der Waals surface area contributed by atoms with Crippen LogP contribution in [0, 0.1) is 0 Å². The molecule has 1 heterocycles. The van der Waals surface area contributed by atoms with E-state index in [0.717, 1.165) is 19.6 Å². The van der Waals surface area contributed by atoms with E-state index >= 15 is 0 Å². The van der Waals surface area contributed by atoms with Gasteiger partial charge in [-0.25, -0.2) is 0 Å². The van der Waals surface area contributed by atoms with Crippen molar-refractivity contribution < 1.29 is 4.74 Å². The fourth-order valence-electron chi connectivity index (χ4n) is 1.17. The van der Waals surface area contributed by atoms with E-state index in [1.54, 1.807) is 0 Å². The molecule has 1 rings (SSSR count). The third kappa shape index (κ3) is 1.96. The maximum absolute atomic E-state index is 5.12. The van der Waals surface area contributed by atoms with Crippen molar-refractivity contribution in [2.45, 2.75) is 26.3 Å². The molecule has 0 aromatic rings. The Morgan fingerprint density at radius 2 is 2.27 bits per heavy atom. The van der Waals surface area contributed by atoms with Gasteiger partial charge in [0, 0.05) is 12.7 Å². The molecule has 0 saturated carbocycles. The molecule has 0 aromatic heterocycles. The highest BCUT2D eigenvalue weighted by Crippen LogP contribution is 2.13. The van der Waals surface area contributed by atoms with Gasteiger partial charge < -0.3 is 9.64 Å². The Balaban J connectivity index is 2.38. The highest BCUT2D eigenvalue weighted by molar-refractivity contribution is 4.99. The van der Waals surface area contributed by atoms with Gasteiger partial charge in [-0.05, 0) is 13.3 Å². The van der Waals surface area contributed by atoms with Crippen molar-refractivity contribution in [2.75, 3.05) is 20.3 Å². The van der Waals surface area contributed by atoms with E-state index in [0.29, 0.717) is 6.04 Å². The summed E-state index contributed by atoms with van der Waals surface area (Å²) in [5.74, 6) is 0. The Morgan fingerprint density at radius 3 is 2.64 bits per heavy atom. The maximum Gasteiger partial charge on any atom is 0.0750 e. The van der Waals surface area contributed by atoms with Crippen LogP contribution in [-0.4, -0.2) is 31.2 Å². The lowest BCUT2D eigenvalue weighted by Gasteiger charge is -2.36. The summed E-state index contributed by atoms with van der Waals surface area (Å²) < 4.78 is 5.12. The van der Waals surface area contributed by atoms with Crippen LogP contribution in [0.2, 0.25) is 0 Å². The fraction of sp³-hybridized carbons (Fsp3) is 0.778. The Hall–Kier alpha value is -0.500. The van der Waals surface area contributed by atoms with E-state index in [9.17, 15) is 0 Å². The highest BCUT2D eigenvalue weighted by Gasteiger charge is 2.22. The molecule has 1 fully saturated rings. The Morgan fingerprint density at radius 1 is 1.64 bits per heavy atom. The number of hydrogen-bond donors (Lipinski definition) is 0. The number of rotatable bonds is 3. The maximum atomic E-state index is 5.12. The minimum atomic E-state index is 0.623. The lowest BCUT2D eigenvalue weighted by molar-refractivity contribution is -0.0451. The first-order valence-electron chi connectivity index (χ1n) is 4.23. The van der Waals surface area contributed by atoms with Gasteiger partial charge in [-0.15, -0.1) is 0 Å². The quantitative estimate of drug-likeness (QED) is 0.614. The molecular weight excluding hydrogens is 138 g/mol. The lowest BCUT2D eigenvalue weighted by atomic mass is 10.2. The van der Waals surface area contributed by atoms with E-state index < -0.39 is 0 Å². The average Bonchev–Trinajstić information content (AvgIpc) is 1.84. The minimum absolute atomic E-state index is 0.623. The summed E-state index contributed by atoms with van der Waals surface area (Å²) in [6.07, 6.45) is 3.36. The van der Waals surface area contributed by atoms with Crippen LogP contribution in [0.15, 0.2) is 11.8 Å². The molecule has 0 aromatic carbocycles. The van der Waals surface area contributed by atoms with Crippen LogP contribution in [-0.2, 0) is 4.74 Å². The molecule has 0 spiro atoms. The molecule has 0 N–H and O–H groups in total. The van der Waals surface area contributed by atoms with E-state index in [2.05, 4.69) is 31.9 Å². The summed E-state index contributed by atoms with van der Waals surface area (Å²) in [6, 6.07) is 0.623. The van der Waals surface area contributed by atoms with Gasteiger partial charge in [-0.2, -0.15) is 0 Å². The van der Waals surface area contributed by atoms with Crippen LogP contribution in [0.4, 0.5) is 0 Å². The first-order valence-corrected chi connectivity index (χ1v) is 4.23. The summed E-state index contributed by atoms with van der Waals surface area (Å²) >= 11 is 0. The van der Waals surface area contributed by atoms with Crippen molar-refractivity contribution in [3.05, 3.63) is 11.8 Å². The van der Waals surface area contributed by atoms with E-state index in [-0.39, 0.29) is 0 Å². The Labute approximate surface area is 68.8 Å². The van der Waals surface area contributed by atoms with Crippen molar-refractivity contribution in [1.29, 1.82) is 0 Å². The van der Waals surface area contributed by atoms with Crippen LogP contribution >= 0.6 is 0 Å². The smallest absolute Gasteiger partial charge is 0.0750 e. The molecule has 0 aliphatic carbocycles. The number of hydrogen-bond acceptors (Lipinski definition) is 2. The van der Waals surface area contributed by atoms with E-state index in [1.807, 2.05) is 0 Å². The number of allylic oxidation sites excluding steroid dienone is 2. The second-order valence-electron chi connectivity index (χ2n) is 3.06. The number of ether oxygens (including phenoxy) is 1. The predicted octanol–water partition coefficient (Wildman–Crippen LogP) is 1.63. The van der Waals surface area contributed by atoms with Crippen molar-refractivity contribution in [2.24, 2.45) is 0 Å². The number of nitrogens with zero attached hydrogens (tertiary/aromatic N) is 1. The van der Waals surface area contributed by atoms with Crippen LogP contribution in [0.1, 0.15) is 20.3 Å². The second-order valence-corrected chi connectivity index (χ2v) is 3.06. The topological polar surface area (TPSA) is 12.5 Å². The fourth-order valence-corrected chi connectivity index (χ4v) is 1.17. The third-order valence-electron chi connectivity index (χ3n) is 2.22. The molecule has 0 atom stereocenters. The zero-order chi connectivity index (χ0) is 8.27. The zero-order valence-corrected chi connectivity index (χ0v) is 7.63. The highest BCUT2D eigenvalue weighted by atomic mass is 16.5. The monoisotopic (exact) mass is 155 g/mol. The first-order chi connectivity index (χ1) is 5.25. The molecule has 0 radical (unpaired) electrons. The van der Waals surface area contributed by atoms with Gasteiger partial charge in [0.1, 0.15) is 0 Å². The summed E-state index contributed by atoms with van der Waals surface area (Å²) in [7, 11) is 2.13. The molecule has 1 saturated heterocycles. The first kappa shape index (κ1) is 8.60. The van der Waals surface area contributed by atoms with Gasteiger partial charge >= 0.3 is 0 Å². The van der Waals surface area contributed by atoms with Crippen LogP contribution in [0.5, 0.6) is 0 Å². The zero-order valence-electron chi connectivity index (χ0n) is 7.63. The van der Waals surface area contributed by atoms with Crippen molar-refractivity contribution in [1.82, 2.24) is 4.90 Å². The minimum Gasteiger partial charge on any atom is -0.377 e. The molecule has 11 heavy (non-hydrogen) atoms. The summed E-state index contributed by atoms with van der Waals surface area (Å²) in [4.78, 5) is 2.30. The molecular formula is C9H17NO. The molecule has 2 heteroatoms. The largest absolute Gasteiger partial charge is 0.377 e. The molecule has 1 aliphatic rings. The summed E-state index contributed by atoms with van der Waals surface area (Å²) in [6.45, 7) is 6.10. The SMILES string of the molecule is CC/C=C(\C)N(C)C1COC1. The number of likely N-dealkylation sites (N-methyl/N-ethyl adjacent to an activating group) is 1. The second kappa shape index (κ2) is 3.77. The average molecular weight is 155 g/mol. The van der Waals surface area contributed by atoms with Crippen molar-refractivity contribution in [3.8, 4) is 0 Å². The van der Waals surface area contributed by atoms with Gasteiger partial charge in [0.2, 0.25) is 0 Å². The molecule has 0 unspecified atom stereocenters. The third-order valence-corrected chi connectivity index (χ3v) is 2.22. The molecule has 64 valence electrons. The normalized spacial score (nSPS) is 19.7. The van der Waals surface area contributed by atoms with Gasteiger partial charge in [-0.3, -0.25) is 0 Å². The van der Waals surface area contributed by atoms with Crippen molar-refractivity contribution in [3.63, 3.8) is 0 Å².